The summed E-state index contributed by atoms with van der Waals surface area (Å²) >= 11 is 5.90. The summed E-state index contributed by atoms with van der Waals surface area (Å²) in [6.07, 6.45) is 2.10. The summed E-state index contributed by atoms with van der Waals surface area (Å²) in [5.74, 6) is 0. The summed E-state index contributed by atoms with van der Waals surface area (Å²) in [5.41, 5.74) is 1.29. The van der Waals surface area contributed by atoms with E-state index >= 15 is 0 Å². The Hall–Kier alpha value is -0.570. The molecule has 0 saturated carbocycles. The molecule has 0 radical (unpaired) electrons. The number of ether oxygens (including phenoxy) is 1. The number of hydrogen-bond acceptors (Lipinski definition) is 2. The number of rotatable bonds is 7. The summed E-state index contributed by atoms with van der Waals surface area (Å²) in [7, 11) is 1.74. The van der Waals surface area contributed by atoms with Gasteiger partial charge in [0.2, 0.25) is 0 Å². The predicted octanol–water partition coefficient (Wildman–Crippen LogP) is 3.81. The molecule has 0 amide bonds. The quantitative estimate of drug-likeness (QED) is 0.800. The van der Waals surface area contributed by atoms with Crippen molar-refractivity contribution in [3.8, 4) is 0 Å². The lowest BCUT2D eigenvalue weighted by Crippen LogP contribution is -2.31. The zero-order valence-electron chi connectivity index (χ0n) is 10.9. The first-order valence-electron chi connectivity index (χ1n) is 6.17. The molecule has 1 N–H and O–H groups in total. The van der Waals surface area contributed by atoms with E-state index in [4.69, 9.17) is 16.3 Å². The lowest BCUT2D eigenvalue weighted by Gasteiger charge is -2.22. The third-order valence-corrected chi connectivity index (χ3v) is 3.17. The number of hydrogen-bond donors (Lipinski definition) is 1. The summed E-state index contributed by atoms with van der Waals surface area (Å²) < 4.78 is 5.09. The van der Waals surface area contributed by atoms with Crippen molar-refractivity contribution in [2.24, 2.45) is 0 Å². The number of halogens is 1. The standard InChI is InChI=1S/C14H22ClNO/c1-4-14(16-11(2)9-10-17-3)12-5-7-13(15)8-6-12/h5-8,11,14,16H,4,9-10H2,1-3H3. The van der Waals surface area contributed by atoms with Gasteiger partial charge >= 0.3 is 0 Å². The van der Waals surface area contributed by atoms with Crippen molar-refractivity contribution >= 4 is 11.6 Å². The van der Waals surface area contributed by atoms with Gasteiger partial charge in [0.05, 0.1) is 0 Å². The van der Waals surface area contributed by atoms with E-state index in [2.05, 4.69) is 31.3 Å². The molecule has 1 aromatic carbocycles. The van der Waals surface area contributed by atoms with Crippen LogP contribution in [0.3, 0.4) is 0 Å². The highest BCUT2D eigenvalue weighted by Crippen LogP contribution is 2.20. The van der Waals surface area contributed by atoms with Crippen molar-refractivity contribution in [1.82, 2.24) is 5.32 Å². The molecule has 0 aliphatic rings. The monoisotopic (exact) mass is 255 g/mol. The SMILES string of the molecule is CCC(NC(C)CCOC)c1ccc(Cl)cc1. The van der Waals surface area contributed by atoms with Crippen LogP contribution >= 0.6 is 11.6 Å². The molecular weight excluding hydrogens is 234 g/mol. The number of nitrogens with one attached hydrogen (secondary N) is 1. The third kappa shape index (κ3) is 5.07. The van der Waals surface area contributed by atoms with E-state index in [0.29, 0.717) is 12.1 Å². The molecule has 0 bridgehead atoms. The highest BCUT2D eigenvalue weighted by atomic mass is 35.5. The van der Waals surface area contributed by atoms with Gasteiger partial charge in [0.15, 0.2) is 0 Å². The van der Waals surface area contributed by atoms with Crippen LogP contribution in [-0.2, 0) is 4.74 Å². The molecule has 0 heterocycles. The fourth-order valence-corrected chi connectivity index (χ4v) is 1.99. The predicted molar refractivity (Wildman–Crippen MR) is 73.6 cm³/mol. The molecule has 0 aliphatic carbocycles. The van der Waals surface area contributed by atoms with Gasteiger partial charge in [-0.1, -0.05) is 30.7 Å². The second-order valence-electron chi connectivity index (χ2n) is 4.36. The van der Waals surface area contributed by atoms with Crippen LogP contribution < -0.4 is 5.32 Å². The van der Waals surface area contributed by atoms with Gasteiger partial charge in [0.25, 0.3) is 0 Å². The maximum absolute atomic E-state index is 5.90. The van der Waals surface area contributed by atoms with E-state index in [1.165, 1.54) is 5.56 Å². The van der Waals surface area contributed by atoms with Crippen molar-refractivity contribution < 1.29 is 4.74 Å². The topological polar surface area (TPSA) is 21.3 Å². The van der Waals surface area contributed by atoms with Crippen molar-refractivity contribution in [3.63, 3.8) is 0 Å². The van der Waals surface area contributed by atoms with E-state index in [0.717, 1.165) is 24.5 Å². The van der Waals surface area contributed by atoms with Gasteiger partial charge in [0, 0.05) is 30.8 Å². The molecule has 0 saturated heterocycles. The summed E-state index contributed by atoms with van der Waals surface area (Å²) in [4.78, 5) is 0. The lowest BCUT2D eigenvalue weighted by molar-refractivity contribution is 0.182. The van der Waals surface area contributed by atoms with Crippen molar-refractivity contribution in [2.45, 2.75) is 38.8 Å². The van der Waals surface area contributed by atoms with Crippen molar-refractivity contribution in [1.29, 1.82) is 0 Å². The van der Waals surface area contributed by atoms with Crippen LogP contribution in [0.5, 0.6) is 0 Å². The zero-order valence-corrected chi connectivity index (χ0v) is 11.6. The van der Waals surface area contributed by atoms with Gasteiger partial charge < -0.3 is 10.1 Å². The van der Waals surface area contributed by atoms with E-state index in [1.807, 2.05) is 12.1 Å². The molecule has 17 heavy (non-hydrogen) atoms. The van der Waals surface area contributed by atoms with Crippen LogP contribution in [0.25, 0.3) is 0 Å². The Balaban J connectivity index is 2.56. The van der Waals surface area contributed by atoms with Gasteiger partial charge in [0.1, 0.15) is 0 Å². The van der Waals surface area contributed by atoms with Crippen LogP contribution in [-0.4, -0.2) is 19.8 Å². The molecule has 96 valence electrons. The molecule has 1 rings (SSSR count). The van der Waals surface area contributed by atoms with E-state index in [9.17, 15) is 0 Å². The second-order valence-corrected chi connectivity index (χ2v) is 4.80. The molecule has 1 aromatic rings. The Labute approximate surface area is 109 Å². The highest BCUT2D eigenvalue weighted by molar-refractivity contribution is 6.30. The first-order valence-corrected chi connectivity index (χ1v) is 6.55. The Morgan fingerprint density at radius 1 is 1.29 bits per heavy atom. The van der Waals surface area contributed by atoms with Gasteiger partial charge in [-0.2, -0.15) is 0 Å². The summed E-state index contributed by atoms with van der Waals surface area (Å²) in [6, 6.07) is 8.91. The molecular formula is C14H22ClNO. The fourth-order valence-electron chi connectivity index (χ4n) is 1.87. The normalized spacial score (nSPS) is 14.6. The molecule has 3 heteroatoms. The van der Waals surface area contributed by atoms with Crippen LogP contribution in [0.15, 0.2) is 24.3 Å². The van der Waals surface area contributed by atoms with Gasteiger partial charge in [-0.05, 0) is 37.5 Å². The average Bonchev–Trinajstić information content (AvgIpc) is 2.34. The maximum atomic E-state index is 5.90. The Morgan fingerprint density at radius 3 is 2.47 bits per heavy atom. The first kappa shape index (κ1) is 14.5. The first-order chi connectivity index (χ1) is 8.17. The average molecular weight is 256 g/mol. The Morgan fingerprint density at radius 2 is 1.94 bits per heavy atom. The summed E-state index contributed by atoms with van der Waals surface area (Å²) in [5, 5.41) is 4.40. The minimum absolute atomic E-state index is 0.388. The molecule has 0 aromatic heterocycles. The van der Waals surface area contributed by atoms with E-state index in [1.54, 1.807) is 7.11 Å². The molecule has 2 atom stereocenters. The van der Waals surface area contributed by atoms with Gasteiger partial charge in [-0.25, -0.2) is 0 Å². The zero-order chi connectivity index (χ0) is 12.7. The van der Waals surface area contributed by atoms with E-state index in [-0.39, 0.29) is 0 Å². The summed E-state index contributed by atoms with van der Waals surface area (Å²) in [6.45, 7) is 5.18. The maximum Gasteiger partial charge on any atom is 0.0476 e. The molecule has 0 spiro atoms. The minimum atomic E-state index is 0.388. The molecule has 0 aliphatic heterocycles. The fraction of sp³-hybridized carbons (Fsp3) is 0.571. The highest BCUT2D eigenvalue weighted by Gasteiger charge is 2.12. The van der Waals surface area contributed by atoms with Crippen LogP contribution in [0.1, 0.15) is 38.3 Å². The van der Waals surface area contributed by atoms with Crippen molar-refractivity contribution in [3.05, 3.63) is 34.9 Å². The van der Waals surface area contributed by atoms with Crippen molar-refractivity contribution in [2.75, 3.05) is 13.7 Å². The Bertz CT molecular complexity index is 313. The second kappa shape index (κ2) is 7.70. The van der Waals surface area contributed by atoms with Crippen LogP contribution in [0.2, 0.25) is 5.02 Å². The molecule has 0 fully saturated rings. The molecule has 2 nitrogen and oxygen atoms in total. The smallest absolute Gasteiger partial charge is 0.0476 e. The van der Waals surface area contributed by atoms with E-state index < -0.39 is 0 Å². The van der Waals surface area contributed by atoms with Gasteiger partial charge in [-0.15, -0.1) is 0 Å². The molecule has 2 unspecified atom stereocenters. The van der Waals surface area contributed by atoms with Crippen LogP contribution in [0.4, 0.5) is 0 Å². The van der Waals surface area contributed by atoms with Gasteiger partial charge in [-0.3, -0.25) is 0 Å². The Kier molecular flexibility index (Phi) is 6.56. The largest absolute Gasteiger partial charge is 0.385 e. The number of benzene rings is 1. The van der Waals surface area contributed by atoms with Crippen LogP contribution in [0, 0.1) is 0 Å². The minimum Gasteiger partial charge on any atom is -0.385 e. The third-order valence-electron chi connectivity index (χ3n) is 2.92. The lowest BCUT2D eigenvalue weighted by atomic mass is 10.0. The number of methoxy groups -OCH3 is 1.